The maximum absolute atomic E-state index is 12.3. The van der Waals surface area contributed by atoms with Gasteiger partial charge in [-0.15, -0.1) is 0 Å². The molecule has 4 heteroatoms. The predicted molar refractivity (Wildman–Crippen MR) is 95.5 cm³/mol. The molecule has 0 aliphatic rings. The summed E-state index contributed by atoms with van der Waals surface area (Å²) in [7, 11) is 0. The Hall–Kier alpha value is -2.88. The van der Waals surface area contributed by atoms with Gasteiger partial charge in [0.2, 0.25) is 0 Å². The van der Waals surface area contributed by atoms with Crippen molar-refractivity contribution in [3.05, 3.63) is 83.2 Å². The van der Waals surface area contributed by atoms with Crippen LogP contribution in [0, 0.1) is 13.8 Å². The first kappa shape index (κ1) is 16.0. The van der Waals surface area contributed by atoms with E-state index in [-0.39, 0.29) is 5.91 Å². The Bertz CT molecular complexity index is 837. The molecule has 0 unspecified atom stereocenters. The third-order valence-electron chi connectivity index (χ3n) is 4.06. The van der Waals surface area contributed by atoms with E-state index < -0.39 is 0 Å². The van der Waals surface area contributed by atoms with E-state index in [2.05, 4.69) is 29.5 Å². The summed E-state index contributed by atoms with van der Waals surface area (Å²) >= 11 is 0. The molecule has 0 saturated carbocycles. The fourth-order valence-electron chi connectivity index (χ4n) is 2.71. The number of aryl methyl sites for hydroxylation is 2. The Balaban J connectivity index is 1.65. The summed E-state index contributed by atoms with van der Waals surface area (Å²) in [6.45, 7) is 4.63. The van der Waals surface area contributed by atoms with Crippen LogP contribution < -0.4 is 5.32 Å². The number of hydrogen-bond acceptors (Lipinski definition) is 2. The molecule has 3 aromatic rings. The number of amides is 1. The van der Waals surface area contributed by atoms with E-state index in [1.165, 1.54) is 11.1 Å². The molecule has 1 aromatic heterocycles. The number of aromatic nitrogens is 2. The van der Waals surface area contributed by atoms with E-state index in [0.29, 0.717) is 12.2 Å². The topological polar surface area (TPSA) is 46.9 Å². The minimum atomic E-state index is -0.138. The molecule has 0 radical (unpaired) electrons. The molecule has 1 heterocycles. The maximum Gasteiger partial charge on any atom is 0.271 e. The first-order valence-electron chi connectivity index (χ1n) is 8.10. The summed E-state index contributed by atoms with van der Waals surface area (Å²) < 4.78 is 1.79. The molecule has 122 valence electrons. The normalized spacial score (nSPS) is 10.6. The van der Waals surface area contributed by atoms with Crippen molar-refractivity contribution in [2.24, 2.45) is 0 Å². The monoisotopic (exact) mass is 319 g/mol. The quantitative estimate of drug-likeness (QED) is 0.783. The summed E-state index contributed by atoms with van der Waals surface area (Å²) in [5, 5.41) is 7.38. The van der Waals surface area contributed by atoms with Crippen LogP contribution in [0.1, 0.15) is 27.3 Å². The van der Waals surface area contributed by atoms with E-state index in [4.69, 9.17) is 0 Å². The summed E-state index contributed by atoms with van der Waals surface area (Å²) in [6.07, 6.45) is 0.816. The second-order valence-corrected chi connectivity index (χ2v) is 5.85. The molecule has 3 rings (SSSR count). The van der Waals surface area contributed by atoms with Crippen molar-refractivity contribution in [2.45, 2.75) is 20.3 Å². The van der Waals surface area contributed by atoms with Crippen LogP contribution in [0.4, 0.5) is 0 Å². The molecule has 24 heavy (non-hydrogen) atoms. The third-order valence-corrected chi connectivity index (χ3v) is 4.06. The van der Waals surface area contributed by atoms with Crippen molar-refractivity contribution >= 4 is 5.91 Å². The lowest BCUT2D eigenvalue weighted by molar-refractivity contribution is 0.0948. The average molecular weight is 319 g/mol. The zero-order valence-electron chi connectivity index (χ0n) is 14.0. The van der Waals surface area contributed by atoms with Crippen LogP contribution in [0.5, 0.6) is 0 Å². The van der Waals surface area contributed by atoms with Gasteiger partial charge in [0.05, 0.1) is 5.69 Å². The first-order valence-corrected chi connectivity index (χ1v) is 8.10. The Kier molecular flexibility index (Phi) is 4.75. The van der Waals surface area contributed by atoms with Gasteiger partial charge in [0, 0.05) is 12.2 Å². The molecule has 0 aliphatic carbocycles. The zero-order chi connectivity index (χ0) is 16.9. The Labute approximate surface area is 142 Å². The molecule has 0 bridgehead atoms. The van der Waals surface area contributed by atoms with Gasteiger partial charge in [-0.25, -0.2) is 4.68 Å². The van der Waals surface area contributed by atoms with Crippen LogP contribution in [0.3, 0.4) is 0 Å². The van der Waals surface area contributed by atoms with Crippen LogP contribution in [0.25, 0.3) is 5.69 Å². The maximum atomic E-state index is 12.3. The molecule has 2 aromatic carbocycles. The molecule has 1 N–H and O–H groups in total. The highest BCUT2D eigenvalue weighted by Crippen LogP contribution is 2.12. The van der Waals surface area contributed by atoms with Crippen LogP contribution in [-0.2, 0) is 6.42 Å². The van der Waals surface area contributed by atoms with Gasteiger partial charge in [0.15, 0.2) is 5.69 Å². The molecule has 4 nitrogen and oxygen atoms in total. The Morgan fingerprint density at radius 1 is 1.04 bits per heavy atom. The number of rotatable bonds is 5. The fraction of sp³-hybridized carbons (Fsp3) is 0.200. The number of para-hydroxylation sites is 1. The van der Waals surface area contributed by atoms with Gasteiger partial charge in [-0.1, -0.05) is 42.5 Å². The Morgan fingerprint density at radius 2 is 1.75 bits per heavy atom. The van der Waals surface area contributed by atoms with E-state index in [0.717, 1.165) is 17.8 Å². The molecule has 1 amide bonds. The van der Waals surface area contributed by atoms with Crippen LogP contribution in [0.2, 0.25) is 0 Å². The van der Waals surface area contributed by atoms with E-state index in [1.807, 2.05) is 55.5 Å². The van der Waals surface area contributed by atoms with Crippen molar-refractivity contribution in [1.82, 2.24) is 15.1 Å². The third kappa shape index (κ3) is 3.54. The highest BCUT2D eigenvalue weighted by atomic mass is 16.1. The van der Waals surface area contributed by atoms with E-state index in [9.17, 15) is 4.79 Å². The van der Waals surface area contributed by atoms with Gasteiger partial charge in [-0.2, -0.15) is 5.10 Å². The van der Waals surface area contributed by atoms with Gasteiger partial charge in [-0.05, 0) is 49.6 Å². The van der Waals surface area contributed by atoms with Gasteiger partial charge >= 0.3 is 0 Å². The van der Waals surface area contributed by atoms with Gasteiger partial charge < -0.3 is 5.32 Å². The number of carbonyl (C=O) groups is 1. The number of carbonyl (C=O) groups excluding carboxylic acids is 1. The molecular weight excluding hydrogens is 298 g/mol. The highest BCUT2D eigenvalue weighted by Gasteiger charge is 2.12. The van der Waals surface area contributed by atoms with E-state index in [1.54, 1.807) is 4.68 Å². The molecule has 0 fully saturated rings. The largest absolute Gasteiger partial charge is 0.350 e. The number of hydrogen-bond donors (Lipinski definition) is 1. The van der Waals surface area contributed by atoms with Crippen LogP contribution in [-0.4, -0.2) is 22.2 Å². The van der Waals surface area contributed by atoms with Crippen molar-refractivity contribution in [1.29, 1.82) is 0 Å². The molecular formula is C20H21N3O. The number of nitrogens with zero attached hydrogens (tertiary/aromatic N) is 2. The average Bonchev–Trinajstić information content (AvgIpc) is 2.99. The van der Waals surface area contributed by atoms with Crippen LogP contribution >= 0.6 is 0 Å². The molecule has 0 spiro atoms. The van der Waals surface area contributed by atoms with Crippen molar-refractivity contribution in [3.63, 3.8) is 0 Å². The number of nitrogens with one attached hydrogen (secondary N) is 1. The summed E-state index contributed by atoms with van der Waals surface area (Å²) in [4.78, 5) is 12.3. The first-order chi connectivity index (χ1) is 11.6. The fourth-order valence-corrected chi connectivity index (χ4v) is 2.71. The van der Waals surface area contributed by atoms with Gasteiger partial charge in [-0.3, -0.25) is 4.79 Å². The second-order valence-electron chi connectivity index (χ2n) is 5.85. The van der Waals surface area contributed by atoms with Crippen LogP contribution in [0.15, 0.2) is 60.7 Å². The zero-order valence-corrected chi connectivity index (χ0v) is 14.0. The number of benzene rings is 2. The summed E-state index contributed by atoms with van der Waals surface area (Å²) in [6, 6.07) is 19.9. The Morgan fingerprint density at radius 3 is 2.50 bits per heavy atom. The van der Waals surface area contributed by atoms with Gasteiger partial charge in [0.1, 0.15) is 0 Å². The lowest BCUT2D eigenvalue weighted by Gasteiger charge is -2.06. The van der Waals surface area contributed by atoms with Crippen molar-refractivity contribution in [3.8, 4) is 5.69 Å². The molecule has 0 atom stereocenters. The van der Waals surface area contributed by atoms with E-state index >= 15 is 0 Å². The SMILES string of the molecule is Cc1ccccc1CCNC(=O)c1cc(C)n(-c2ccccc2)n1. The molecule has 0 aliphatic heterocycles. The van der Waals surface area contributed by atoms with Crippen molar-refractivity contribution < 1.29 is 4.79 Å². The minimum absolute atomic E-state index is 0.138. The minimum Gasteiger partial charge on any atom is -0.350 e. The summed E-state index contributed by atoms with van der Waals surface area (Å²) in [5.41, 5.74) is 4.83. The summed E-state index contributed by atoms with van der Waals surface area (Å²) in [5.74, 6) is -0.138. The lowest BCUT2D eigenvalue weighted by atomic mass is 10.1. The standard InChI is InChI=1S/C20H21N3O/c1-15-8-6-7-9-17(15)12-13-21-20(24)19-14-16(2)23(22-19)18-10-4-3-5-11-18/h3-11,14H,12-13H2,1-2H3,(H,21,24). The predicted octanol–water partition coefficient (Wildman–Crippen LogP) is 3.46. The second kappa shape index (κ2) is 7.13. The lowest BCUT2D eigenvalue weighted by Crippen LogP contribution is -2.26. The highest BCUT2D eigenvalue weighted by molar-refractivity contribution is 5.92. The smallest absolute Gasteiger partial charge is 0.271 e. The van der Waals surface area contributed by atoms with Crippen molar-refractivity contribution in [2.75, 3.05) is 6.54 Å². The molecule has 0 saturated heterocycles. The van der Waals surface area contributed by atoms with Gasteiger partial charge in [0.25, 0.3) is 5.91 Å².